The van der Waals surface area contributed by atoms with Gasteiger partial charge in [-0.3, -0.25) is 9.59 Å². The zero-order valence-electron chi connectivity index (χ0n) is 12.4. The van der Waals surface area contributed by atoms with Crippen LogP contribution < -0.4 is 0 Å². The van der Waals surface area contributed by atoms with Gasteiger partial charge in [-0.05, 0) is 37.0 Å². The lowest BCUT2D eigenvalue weighted by molar-refractivity contribution is -0.137. The molecule has 0 aromatic heterocycles. The van der Waals surface area contributed by atoms with Crippen LogP contribution in [0.4, 0.5) is 0 Å². The van der Waals surface area contributed by atoms with Crippen molar-refractivity contribution in [2.24, 2.45) is 0 Å². The summed E-state index contributed by atoms with van der Waals surface area (Å²) in [5.74, 6) is -1.09. The molecule has 0 aliphatic rings. The van der Waals surface area contributed by atoms with E-state index in [9.17, 15) is 14.7 Å². The molecule has 22 heavy (non-hydrogen) atoms. The van der Waals surface area contributed by atoms with E-state index in [1.165, 1.54) is 0 Å². The van der Waals surface area contributed by atoms with Gasteiger partial charge in [0.25, 0.3) is 0 Å². The van der Waals surface area contributed by atoms with Crippen LogP contribution in [0.5, 0.6) is 5.75 Å². The van der Waals surface area contributed by atoms with Crippen molar-refractivity contribution in [2.75, 3.05) is 0 Å². The molecule has 2 rings (SSSR count). The van der Waals surface area contributed by atoms with Gasteiger partial charge in [0.2, 0.25) is 0 Å². The van der Waals surface area contributed by atoms with E-state index in [4.69, 9.17) is 5.11 Å². The third-order valence-corrected chi connectivity index (χ3v) is 3.50. The van der Waals surface area contributed by atoms with E-state index in [2.05, 4.69) is 0 Å². The second-order valence-electron chi connectivity index (χ2n) is 5.25. The van der Waals surface area contributed by atoms with Gasteiger partial charge in [0.15, 0.2) is 5.78 Å². The number of rotatable bonds is 6. The van der Waals surface area contributed by atoms with Crippen LogP contribution in [-0.4, -0.2) is 22.0 Å². The molecule has 0 fully saturated rings. The lowest BCUT2D eigenvalue weighted by Gasteiger charge is -2.10. The van der Waals surface area contributed by atoms with Crippen molar-refractivity contribution in [1.82, 2.24) is 0 Å². The Labute approximate surface area is 129 Å². The topological polar surface area (TPSA) is 74.6 Å². The number of carboxylic acids is 1. The Balaban J connectivity index is 2.29. The van der Waals surface area contributed by atoms with Gasteiger partial charge in [0, 0.05) is 12.0 Å². The highest BCUT2D eigenvalue weighted by molar-refractivity contribution is 6.11. The molecule has 0 heterocycles. The normalized spacial score (nSPS) is 10.4. The monoisotopic (exact) mass is 298 g/mol. The van der Waals surface area contributed by atoms with E-state index in [0.29, 0.717) is 24.0 Å². The summed E-state index contributed by atoms with van der Waals surface area (Å²) in [6.45, 7) is 1.73. The zero-order chi connectivity index (χ0) is 16.1. The first kappa shape index (κ1) is 15.8. The number of carbonyl (C=O) groups is 2. The van der Waals surface area contributed by atoms with Gasteiger partial charge in [-0.25, -0.2) is 0 Å². The lowest BCUT2D eigenvalue weighted by Crippen LogP contribution is -2.04. The van der Waals surface area contributed by atoms with Crippen LogP contribution in [0.25, 0.3) is 0 Å². The standard InChI is InChI=1S/C18H18O4/c1-12-10-13(6-5-9-16(19)20)11-15(17(12)21)18(22)14-7-3-2-4-8-14/h2-4,7-8,10-11,21H,5-6,9H2,1H3,(H,19,20). The molecule has 0 radical (unpaired) electrons. The van der Waals surface area contributed by atoms with Crippen LogP contribution >= 0.6 is 0 Å². The number of aryl methyl sites for hydroxylation is 2. The summed E-state index contributed by atoms with van der Waals surface area (Å²) < 4.78 is 0. The SMILES string of the molecule is Cc1cc(CCCC(=O)O)cc(C(=O)c2ccccc2)c1O. The molecular weight excluding hydrogens is 280 g/mol. The minimum absolute atomic E-state index is 0.0177. The summed E-state index contributed by atoms with van der Waals surface area (Å²) in [5.41, 5.74) is 2.25. The number of carbonyl (C=O) groups excluding carboxylic acids is 1. The molecule has 0 saturated heterocycles. The van der Waals surface area contributed by atoms with Crippen LogP contribution in [0.1, 0.15) is 39.9 Å². The highest BCUT2D eigenvalue weighted by Crippen LogP contribution is 2.27. The second-order valence-corrected chi connectivity index (χ2v) is 5.25. The summed E-state index contributed by atoms with van der Waals surface area (Å²) in [6.07, 6.45) is 1.14. The molecular formula is C18H18O4. The first-order valence-electron chi connectivity index (χ1n) is 7.13. The Morgan fingerprint density at radius 3 is 2.41 bits per heavy atom. The molecule has 0 aliphatic heterocycles. The molecule has 0 spiro atoms. The average molecular weight is 298 g/mol. The van der Waals surface area contributed by atoms with Gasteiger partial charge in [-0.1, -0.05) is 36.4 Å². The second kappa shape index (κ2) is 6.89. The van der Waals surface area contributed by atoms with Crippen molar-refractivity contribution < 1.29 is 19.8 Å². The third-order valence-electron chi connectivity index (χ3n) is 3.50. The average Bonchev–Trinajstić information content (AvgIpc) is 2.50. The maximum atomic E-state index is 12.5. The first-order valence-corrected chi connectivity index (χ1v) is 7.13. The summed E-state index contributed by atoms with van der Waals surface area (Å²) in [6, 6.07) is 12.2. The van der Waals surface area contributed by atoms with Crippen LogP contribution in [-0.2, 0) is 11.2 Å². The highest BCUT2D eigenvalue weighted by Gasteiger charge is 2.16. The minimum Gasteiger partial charge on any atom is -0.507 e. The summed E-state index contributed by atoms with van der Waals surface area (Å²) in [4.78, 5) is 23.1. The fourth-order valence-electron chi connectivity index (χ4n) is 2.36. The number of phenols is 1. The number of benzene rings is 2. The van der Waals surface area contributed by atoms with E-state index in [1.807, 2.05) is 6.07 Å². The molecule has 2 aromatic carbocycles. The van der Waals surface area contributed by atoms with Crippen molar-refractivity contribution in [3.8, 4) is 5.75 Å². The van der Waals surface area contributed by atoms with Crippen molar-refractivity contribution in [2.45, 2.75) is 26.2 Å². The number of ketones is 1. The largest absolute Gasteiger partial charge is 0.507 e. The highest BCUT2D eigenvalue weighted by atomic mass is 16.4. The predicted molar refractivity (Wildman–Crippen MR) is 83.3 cm³/mol. The van der Waals surface area contributed by atoms with E-state index in [1.54, 1.807) is 43.3 Å². The Morgan fingerprint density at radius 1 is 1.09 bits per heavy atom. The van der Waals surface area contributed by atoms with Crippen molar-refractivity contribution in [3.63, 3.8) is 0 Å². The summed E-state index contributed by atoms with van der Waals surface area (Å²) >= 11 is 0. The smallest absolute Gasteiger partial charge is 0.303 e. The molecule has 2 aromatic rings. The molecule has 4 heteroatoms. The molecule has 4 nitrogen and oxygen atoms in total. The van der Waals surface area contributed by atoms with Crippen LogP contribution in [0, 0.1) is 6.92 Å². The van der Waals surface area contributed by atoms with Crippen LogP contribution in [0.2, 0.25) is 0 Å². The number of hydrogen-bond acceptors (Lipinski definition) is 3. The quantitative estimate of drug-likeness (QED) is 0.802. The van der Waals surface area contributed by atoms with E-state index in [-0.39, 0.29) is 23.5 Å². The van der Waals surface area contributed by atoms with Gasteiger partial charge >= 0.3 is 5.97 Å². The number of aliphatic carboxylic acids is 1. The fraction of sp³-hybridized carbons (Fsp3) is 0.222. The van der Waals surface area contributed by atoms with E-state index in [0.717, 1.165) is 5.56 Å². The van der Waals surface area contributed by atoms with E-state index < -0.39 is 5.97 Å². The van der Waals surface area contributed by atoms with Crippen LogP contribution in [0.15, 0.2) is 42.5 Å². The molecule has 0 aliphatic carbocycles. The predicted octanol–water partition coefficient (Wildman–Crippen LogP) is 3.34. The molecule has 0 unspecified atom stereocenters. The van der Waals surface area contributed by atoms with Crippen molar-refractivity contribution in [3.05, 3.63) is 64.7 Å². The Kier molecular flexibility index (Phi) is 4.94. The molecule has 114 valence electrons. The first-order chi connectivity index (χ1) is 10.5. The lowest BCUT2D eigenvalue weighted by atomic mass is 9.96. The Morgan fingerprint density at radius 2 is 1.77 bits per heavy atom. The fourth-order valence-corrected chi connectivity index (χ4v) is 2.36. The maximum Gasteiger partial charge on any atom is 0.303 e. The van der Waals surface area contributed by atoms with Crippen molar-refractivity contribution in [1.29, 1.82) is 0 Å². The molecule has 0 amide bonds. The molecule has 0 bridgehead atoms. The Bertz CT molecular complexity index is 690. The molecule has 0 atom stereocenters. The number of carboxylic acid groups (broad SMARTS) is 1. The van der Waals surface area contributed by atoms with Gasteiger partial charge < -0.3 is 10.2 Å². The zero-order valence-corrected chi connectivity index (χ0v) is 12.4. The van der Waals surface area contributed by atoms with Gasteiger partial charge in [-0.15, -0.1) is 0 Å². The van der Waals surface area contributed by atoms with Crippen molar-refractivity contribution >= 4 is 11.8 Å². The van der Waals surface area contributed by atoms with Gasteiger partial charge in [0.1, 0.15) is 5.75 Å². The number of phenolic OH excluding ortho intramolecular Hbond substituents is 1. The number of hydrogen-bond donors (Lipinski definition) is 2. The molecule has 2 N–H and O–H groups in total. The van der Waals surface area contributed by atoms with Gasteiger partial charge in [-0.2, -0.15) is 0 Å². The van der Waals surface area contributed by atoms with Crippen LogP contribution in [0.3, 0.4) is 0 Å². The van der Waals surface area contributed by atoms with Gasteiger partial charge in [0.05, 0.1) is 5.56 Å². The molecule has 0 saturated carbocycles. The summed E-state index contributed by atoms with van der Waals surface area (Å²) in [5, 5.41) is 18.8. The third kappa shape index (κ3) is 3.73. The number of aromatic hydroxyl groups is 1. The minimum atomic E-state index is -0.837. The maximum absolute atomic E-state index is 12.5. The summed E-state index contributed by atoms with van der Waals surface area (Å²) in [7, 11) is 0. The van der Waals surface area contributed by atoms with E-state index >= 15 is 0 Å². The Hall–Kier alpha value is -2.62.